The first-order valence-corrected chi connectivity index (χ1v) is 7.09. The lowest BCUT2D eigenvalue weighted by Crippen LogP contribution is -2.28. The van der Waals surface area contributed by atoms with E-state index in [1.165, 1.54) is 12.1 Å². The zero-order valence-electron chi connectivity index (χ0n) is 12.1. The van der Waals surface area contributed by atoms with Gasteiger partial charge in [0.05, 0.1) is 12.5 Å². The summed E-state index contributed by atoms with van der Waals surface area (Å²) in [5.41, 5.74) is 2.55. The molecule has 0 aliphatic carbocycles. The lowest BCUT2D eigenvalue weighted by atomic mass is 10.1. The number of halogens is 1. The third-order valence-electron chi connectivity index (χ3n) is 3.64. The molecular weight excluding hydrogens is 281 g/mol. The number of pyridine rings is 1. The topological polar surface area (TPSA) is 57.8 Å². The smallest absolute Gasteiger partial charge is 0.224 e. The van der Waals surface area contributed by atoms with Crippen molar-refractivity contribution in [3.05, 3.63) is 65.7 Å². The van der Waals surface area contributed by atoms with E-state index in [1.54, 1.807) is 24.5 Å². The molecule has 0 spiro atoms. The Hall–Kier alpha value is -2.69. The van der Waals surface area contributed by atoms with Gasteiger partial charge in [0.2, 0.25) is 5.91 Å². The normalized spacial score (nSPS) is 12.3. The molecule has 1 atom stereocenters. The second-order valence-corrected chi connectivity index (χ2v) is 5.23. The zero-order valence-corrected chi connectivity index (χ0v) is 12.1. The van der Waals surface area contributed by atoms with Gasteiger partial charge in [0.15, 0.2) is 0 Å². The minimum atomic E-state index is -0.284. The summed E-state index contributed by atoms with van der Waals surface area (Å²) in [6.45, 7) is 1.88. The highest BCUT2D eigenvalue weighted by molar-refractivity contribution is 5.87. The van der Waals surface area contributed by atoms with Crippen molar-refractivity contribution in [1.29, 1.82) is 0 Å². The number of nitrogens with one attached hydrogen (secondary N) is 2. The van der Waals surface area contributed by atoms with Crippen LogP contribution in [0.15, 0.2) is 48.8 Å². The van der Waals surface area contributed by atoms with Gasteiger partial charge in [0.1, 0.15) is 11.5 Å². The van der Waals surface area contributed by atoms with Crippen LogP contribution in [-0.2, 0) is 11.2 Å². The molecule has 0 saturated carbocycles. The van der Waals surface area contributed by atoms with Gasteiger partial charge < -0.3 is 10.3 Å². The predicted octanol–water partition coefficient (Wildman–Crippen LogP) is 3.12. The molecule has 0 aliphatic rings. The van der Waals surface area contributed by atoms with Crippen molar-refractivity contribution in [2.75, 3.05) is 0 Å². The second kappa shape index (κ2) is 5.97. The van der Waals surface area contributed by atoms with Crippen LogP contribution in [0.4, 0.5) is 4.39 Å². The van der Waals surface area contributed by atoms with Crippen LogP contribution in [0.3, 0.4) is 0 Å². The summed E-state index contributed by atoms with van der Waals surface area (Å²) >= 11 is 0. The fourth-order valence-corrected chi connectivity index (χ4v) is 2.46. The lowest BCUT2D eigenvalue weighted by Gasteiger charge is -2.14. The number of fused-ring (bicyclic) bond motifs is 1. The summed E-state index contributed by atoms with van der Waals surface area (Å²) in [6, 6.07) is 9.75. The molecule has 22 heavy (non-hydrogen) atoms. The van der Waals surface area contributed by atoms with Crippen molar-refractivity contribution in [3.63, 3.8) is 0 Å². The number of carbonyl (C=O) groups is 1. The molecule has 2 aromatic heterocycles. The number of hydrogen-bond acceptors (Lipinski definition) is 2. The van der Waals surface area contributed by atoms with Crippen molar-refractivity contribution in [3.8, 4) is 0 Å². The molecule has 0 aliphatic heterocycles. The molecule has 1 aromatic carbocycles. The van der Waals surface area contributed by atoms with Crippen molar-refractivity contribution in [2.45, 2.75) is 19.4 Å². The molecular formula is C17H16FN3O. The van der Waals surface area contributed by atoms with Crippen molar-refractivity contribution in [1.82, 2.24) is 15.3 Å². The van der Waals surface area contributed by atoms with E-state index in [4.69, 9.17) is 0 Å². The average molecular weight is 297 g/mol. The van der Waals surface area contributed by atoms with Gasteiger partial charge in [-0.3, -0.25) is 4.79 Å². The molecule has 5 heteroatoms. The van der Waals surface area contributed by atoms with E-state index >= 15 is 0 Å². The minimum absolute atomic E-state index is 0.0819. The molecule has 0 bridgehead atoms. The number of nitrogens with zero attached hydrogens (tertiary/aromatic N) is 1. The summed E-state index contributed by atoms with van der Waals surface area (Å²) in [7, 11) is 0. The first-order chi connectivity index (χ1) is 10.6. The lowest BCUT2D eigenvalue weighted by molar-refractivity contribution is -0.121. The molecule has 2 heterocycles. The van der Waals surface area contributed by atoms with Crippen LogP contribution in [0.5, 0.6) is 0 Å². The van der Waals surface area contributed by atoms with E-state index < -0.39 is 0 Å². The molecule has 3 rings (SSSR count). The van der Waals surface area contributed by atoms with Crippen LogP contribution < -0.4 is 5.32 Å². The molecule has 4 nitrogen and oxygen atoms in total. The number of H-pyrrole nitrogens is 1. The molecule has 3 aromatic rings. The molecule has 2 N–H and O–H groups in total. The first kappa shape index (κ1) is 14.3. The Kier molecular flexibility index (Phi) is 3.87. The van der Waals surface area contributed by atoms with Gasteiger partial charge in [0.25, 0.3) is 0 Å². The largest absolute Gasteiger partial charge is 0.349 e. The van der Waals surface area contributed by atoms with Gasteiger partial charge >= 0.3 is 0 Å². The van der Waals surface area contributed by atoms with E-state index in [-0.39, 0.29) is 24.2 Å². The summed E-state index contributed by atoms with van der Waals surface area (Å²) in [4.78, 5) is 19.4. The van der Waals surface area contributed by atoms with Crippen LogP contribution in [0.1, 0.15) is 24.1 Å². The van der Waals surface area contributed by atoms with Gasteiger partial charge in [-0.05, 0) is 42.3 Å². The number of rotatable bonds is 4. The monoisotopic (exact) mass is 297 g/mol. The molecule has 0 saturated heterocycles. The number of benzene rings is 1. The van der Waals surface area contributed by atoms with Crippen LogP contribution in [-0.4, -0.2) is 15.9 Å². The van der Waals surface area contributed by atoms with Crippen LogP contribution in [0, 0.1) is 5.82 Å². The van der Waals surface area contributed by atoms with Gasteiger partial charge in [0, 0.05) is 17.8 Å². The third kappa shape index (κ3) is 2.98. The quantitative estimate of drug-likeness (QED) is 0.777. The van der Waals surface area contributed by atoms with Crippen molar-refractivity contribution < 1.29 is 9.18 Å². The second-order valence-electron chi connectivity index (χ2n) is 5.23. The van der Waals surface area contributed by atoms with Crippen LogP contribution >= 0.6 is 0 Å². The van der Waals surface area contributed by atoms with Gasteiger partial charge in [-0.25, -0.2) is 9.37 Å². The molecule has 1 amide bonds. The minimum Gasteiger partial charge on any atom is -0.349 e. The van der Waals surface area contributed by atoms with Crippen LogP contribution in [0.2, 0.25) is 0 Å². The number of carbonyl (C=O) groups excluding carboxylic acids is 1. The number of hydrogen-bond donors (Lipinski definition) is 2. The molecule has 0 radical (unpaired) electrons. The summed E-state index contributed by atoms with van der Waals surface area (Å²) in [5, 5.41) is 3.87. The maximum absolute atomic E-state index is 12.9. The Balaban J connectivity index is 1.68. The first-order valence-electron chi connectivity index (χ1n) is 7.09. The molecule has 0 unspecified atom stereocenters. The Morgan fingerprint density at radius 3 is 2.86 bits per heavy atom. The highest BCUT2D eigenvalue weighted by Crippen LogP contribution is 2.17. The Morgan fingerprint density at radius 2 is 2.09 bits per heavy atom. The Morgan fingerprint density at radius 1 is 1.32 bits per heavy atom. The number of aromatic amines is 1. The number of amides is 1. The number of aromatic nitrogens is 2. The van der Waals surface area contributed by atoms with Gasteiger partial charge in [-0.1, -0.05) is 12.1 Å². The van der Waals surface area contributed by atoms with Gasteiger partial charge in [-0.2, -0.15) is 0 Å². The Bertz CT molecular complexity index is 795. The summed E-state index contributed by atoms with van der Waals surface area (Å²) < 4.78 is 12.9. The fraction of sp³-hybridized carbons (Fsp3) is 0.176. The average Bonchev–Trinajstić information content (AvgIpc) is 2.91. The zero-order chi connectivity index (χ0) is 15.5. The van der Waals surface area contributed by atoms with E-state index in [2.05, 4.69) is 15.3 Å². The van der Waals surface area contributed by atoms with Crippen LogP contribution in [0.25, 0.3) is 11.0 Å². The molecule has 112 valence electrons. The van der Waals surface area contributed by atoms with E-state index in [1.807, 2.05) is 19.1 Å². The van der Waals surface area contributed by atoms with Crippen molar-refractivity contribution >= 4 is 16.9 Å². The fourth-order valence-electron chi connectivity index (χ4n) is 2.46. The third-order valence-corrected chi connectivity index (χ3v) is 3.64. The standard InChI is InChI=1S/C17H16FN3O/c1-11(12-4-6-14(18)7-5-12)21-16(22)9-13-10-20-17-15(13)3-2-8-19-17/h2-8,10-11H,9H2,1H3,(H,19,20)(H,21,22)/t11-/m1/s1. The van der Waals surface area contributed by atoms with E-state index in [0.717, 1.165) is 22.2 Å². The summed E-state index contributed by atoms with van der Waals surface area (Å²) in [5.74, 6) is -0.366. The SMILES string of the molecule is C[C@@H](NC(=O)Cc1c[nH]c2ncccc12)c1ccc(F)cc1. The van der Waals surface area contributed by atoms with E-state index in [0.29, 0.717) is 0 Å². The van der Waals surface area contributed by atoms with E-state index in [9.17, 15) is 9.18 Å². The highest BCUT2D eigenvalue weighted by Gasteiger charge is 2.12. The Labute approximate surface area is 127 Å². The maximum Gasteiger partial charge on any atom is 0.224 e. The highest BCUT2D eigenvalue weighted by atomic mass is 19.1. The predicted molar refractivity (Wildman–Crippen MR) is 82.8 cm³/mol. The van der Waals surface area contributed by atoms with Crippen molar-refractivity contribution in [2.24, 2.45) is 0 Å². The maximum atomic E-state index is 12.9. The molecule has 0 fully saturated rings. The summed E-state index contributed by atoms with van der Waals surface area (Å²) in [6.07, 6.45) is 3.79. The van der Waals surface area contributed by atoms with Gasteiger partial charge in [-0.15, -0.1) is 0 Å².